The lowest BCUT2D eigenvalue weighted by atomic mass is 9.80. The van der Waals surface area contributed by atoms with Crippen LogP contribution in [0.3, 0.4) is 0 Å². The number of unbranched alkanes of at least 4 members (excludes halogenated alkanes) is 2. The molecule has 45 heavy (non-hydrogen) atoms. The highest BCUT2D eigenvalue weighted by Crippen LogP contribution is 2.32. The van der Waals surface area contributed by atoms with E-state index in [1.807, 2.05) is 54.6 Å². The minimum atomic E-state index is -0.970. The number of rotatable bonds is 16. The molecule has 5 nitrogen and oxygen atoms in total. The van der Waals surface area contributed by atoms with Crippen LogP contribution in [0.25, 0.3) is 11.3 Å². The van der Waals surface area contributed by atoms with Gasteiger partial charge in [-0.25, -0.2) is 4.79 Å². The van der Waals surface area contributed by atoms with Crippen molar-refractivity contribution >= 4 is 5.97 Å². The first-order valence-corrected chi connectivity index (χ1v) is 16.9. The second kappa shape index (κ2) is 16.4. The molecule has 1 N–H and O–H groups in total. The minimum Gasteiger partial charge on any atom is -0.493 e. The number of aliphatic carboxylic acids is 1. The maximum absolute atomic E-state index is 11.9. The van der Waals surface area contributed by atoms with Gasteiger partial charge in [-0.2, -0.15) is 0 Å². The number of hydrogen-bond donors (Lipinski definition) is 1. The van der Waals surface area contributed by atoms with Gasteiger partial charge in [0.15, 0.2) is 6.10 Å². The van der Waals surface area contributed by atoms with Gasteiger partial charge in [0, 0.05) is 24.4 Å². The molecule has 0 bridgehead atoms. The third kappa shape index (κ3) is 9.50. The van der Waals surface area contributed by atoms with E-state index in [-0.39, 0.29) is 0 Å². The summed E-state index contributed by atoms with van der Waals surface area (Å²) < 4.78 is 14.4. The van der Waals surface area contributed by atoms with Gasteiger partial charge in [-0.3, -0.25) is 0 Å². The average molecular weight is 608 g/mol. The molecule has 1 aromatic heterocycles. The third-order valence-corrected chi connectivity index (χ3v) is 9.38. The predicted octanol–water partition coefficient (Wildman–Crippen LogP) is 9.55. The number of carboxylic acids is 1. The lowest BCUT2D eigenvalue weighted by molar-refractivity contribution is -0.145. The molecule has 0 unspecified atom stereocenters. The summed E-state index contributed by atoms with van der Waals surface area (Å²) in [6.45, 7) is 6.12. The Morgan fingerprint density at radius 1 is 0.822 bits per heavy atom. The Balaban J connectivity index is 1.11. The van der Waals surface area contributed by atoms with Gasteiger partial charge < -0.3 is 19.1 Å². The van der Waals surface area contributed by atoms with Crippen molar-refractivity contribution in [1.29, 1.82) is 0 Å². The van der Waals surface area contributed by atoms with E-state index in [1.165, 1.54) is 62.6 Å². The number of carbonyl (C=O) groups is 1. The molecule has 1 fully saturated rings. The molecule has 0 spiro atoms. The highest BCUT2D eigenvalue weighted by Gasteiger charge is 2.22. The zero-order valence-electron chi connectivity index (χ0n) is 27.0. The third-order valence-electron chi connectivity index (χ3n) is 9.38. The second-order valence-electron chi connectivity index (χ2n) is 12.8. The Morgan fingerprint density at radius 2 is 1.51 bits per heavy atom. The van der Waals surface area contributed by atoms with E-state index < -0.39 is 12.1 Å². The Bertz CT molecular complexity index is 1450. The molecule has 0 amide bonds. The predicted molar refractivity (Wildman–Crippen MR) is 182 cm³/mol. The highest BCUT2D eigenvalue weighted by molar-refractivity contribution is 5.73. The van der Waals surface area contributed by atoms with Crippen LogP contribution in [0.2, 0.25) is 0 Å². The summed E-state index contributed by atoms with van der Waals surface area (Å²) in [4.78, 5) is 11.9. The fourth-order valence-corrected chi connectivity index (χ4v) is 6.57. The van der Waals surface area contributed by atoms with Crippen LogP contribution in [0.5, 0.6) is 11.5 Å². The number of nitrogens with zero attached hydrogens (tertiary/aromatic N) is 1. The normalized spacial score (nSPS) is 17.1. The SMILES string of the molecule is CCCCCC1CCC(COc2ccc(CCn3c(C)ccc3-c3ccc(O[C@H](Cc4ccccc4)C(=O)O)cc3)cc2)CC1. The van der Waals surface area contributed by atoms with Crippen LogP contribution in [0.4, 0.5) is 0 Å². The molecule has 0 saturated heterocycles. The first kappa shape index (κ1) is 32.4. The van der Waals surface area contributed by atoms with E-state index in [1.54, 1.807) is 0 Å². The molecule has 0 radical (unpaired) electrons. The summed E-state index contributed by atoms with van der Waals surface area (Å²) in [7, 11) is 0. The first-order valence-electron chi connectivity index (χ1n) is 16.9. The molecular weight excluding hydrogens is 558 g/mol. The maximum Gasteiger partial charge on any atom is 0.345 e. The van der Waals surface area contributed by atoms with Gasteiger partial charge >= 0.3 is 5.97 Å². The molecule has 1 saturated carbocycles. The van der Waals surface area contributed by atoms with Gasteiger partial charge in [0.1, 0.15) is 11.5 Å². The average Bonchev–Trinajstić information content (AvgIpc) is 3.44. The lowest BCUT2D eigenvalue weighted by Gasteiger charge is -2.28. The van der Waals surface area contributed by atoms with Crippen molar-refractivity contribution in [2.45, 2.75) is 90.7 Å². The van der Waals surface area contributed by atoms with E-state index in [0.717, 1.165) is 48.1 Å². The standard InChI is InChI=1S/C40H49NO4/c1-3-4-6-9-31-13-15-34(16-14-31)29-44-36-21-17-32(18-22-36)26-27-41-30(2)12-25-38(41)35-19-23-37(24-20-35)45-39(40(42)43)28-33-10-7-5-8-11-33/h5,7-8,10-12,17-25,31,34,39H,3-4,6,9,13-16,26-29H2,1-2H3,(H,42,43)/t31?,34?,39-/m1/s1. The molecule has 1 aliphatic rings. The molecule has 238 valence electrons. The van der Waals surface area contributed by atoms with E-state index in [4.69, 9.17) is 9.47 Å². The Labute approximate surface area is 269 Å². The zero-order valence-corrected chi connectivity index (χ0v) is 27.0. The molecule has 1 atom stereocenters. The summed E-state index contributed by atoms with van der Waals surface area (Å²) in [6, 6.07) is 30.2. The molecule has 3 aromatic carbocycles. The lowest BCUT2D eigenvalue weighted by Crippen LogP contribution is -2.29. The van der Waals surface area contributed by atoms with Crippen LogP contribution < -0.4 is 9.47 Å². The number of ether oxygens (including phenoxy) is 2. The topological polar surface area (TPSA) is 60.7 Å². The largest absolute Gasteiger partial charge is 0.493 e. The summed E-state index contributed by atoms with van der Waals surface area (Å²) in [5.41, 5.74) is 5.64. The quantitative estimate of drug-likeness (QED) is 0.129. The van der Waals surface area contributed by atoms with Crippen molar-refractivity contribution in [2.24, 2.45) is 11.8 Å². The van der Waals surface area contributed by atoms with Crippen LogP contribution in [-0.2, 0) is 24.2 Å². The maximum atomic E-state index is 11.9. The summed E-state index contributed by atoms with van der Waals surface area (Å²) in [5, 5.41) is 9.72. The van der Waals surface area contributed by atoms with Gasteiger partial charge in [0.25, 0.3) is 0 Å². The van der Waals surface area contributed by atoms with Crippen LogP contribution in [-0.4, -0.2) is 28.4 Å². The zero-order chi connectivity index (χ0) is 31.4. The van der Waals surface area contributed by atoms with Crippen LogP contribution in [0.15, 0.2) is 91.0 Å². The van der Waals surface area contributed by atoms with Crippen molar-refractivity contribution in [1.82, 2.24) is 4.57 Å². The van der Waals surface area contributed by atoms with Gasteiger partial charge in [0.05, 0.1) is 6.61 Å². The van der Waals surface area contributed by atoms with Gasteiger partial charge in [-0.15, -0.1) is 0 Å². The Morgan fingerprint density at radius 3 is 2.20 bits per heavy atom. The molecule has 5 heteroatoms. The number of aromatic nitrogens is 1. The van der Waals surface area contributed by atoms with Crippen molar-refractivity contribution in [3.63, 3.8) is 0 Å². The molecule has 4 aromatic rings. The van der Waals surface area contributed by atoms with Gasteiger partial charge in [0.2, 0.25) is 0 Å². The molecule has 0 aliphatic heterocycles. The minimum absolute atomic E-state index is 0.313. The van der Waals surface area contributed by atoms with E-state index in [0.29, 0.717) is 18.1 Å². The van der Waals surface area contributed by atoms with E-state index in [2.05, 4.69) is 54.8 Å². The fourth-order valence-electron chi connectivity index (χ4n) is 6.57. The van der Waals surface area contributed by atoms with Crippen LogP contribution in [0, 0.1) is 18.8 Å². The summed E-state index contributed by atoms with van der Waals surface area (Å²) in [5.74, 6) is 2.18. The summed E-state index contributed by atoms with van der Waals surface area (Å²) >= 11 is 0. The number of aryl methyl sites for hydroxylation is 2. The fraction of sp³-hybridized carbons (Fsp3) is 0.425. The summed E-state index contributed by atoms with van der Waals surface area (Å²) in [6.07, 6.45) is 11.2. The number of carboxylic acid groups (broad SMARTS) is 1. The number of benzene rings is 3. The van der Waals surface area contributed by atoms with Gasteiger partial charge in [-0.05, 0) is 103 Å². The molecule has 5 rings (SSSR count). The van der Waals surface area contributed by atoms with Crippen LogP contribution in [0.1, 0.15) is 75.1 Å². The van der Waals surface area contributed by atoms with E-state index >= 15 is 0 Å². The molecular formula is C40H49NO4. The Hall–Kier alpha value is -3.99. The monoisotopic (exact) mass is 607 g/mol. The van der Waals surface area contributed by atoms with Crippen molar-refractivity contribution < 1.29 is 19.4 Å². The number of hydrogen-bond acceptors (Lipinski definition) is 3. The van der Waals surface area contributed by atoms with E-state index in [9.17, 15) is 9.90 Å². The second-order valence-corrected chi connectivity index (χ2v) is 12.8. The van der Waals surface area contributed by atoms with Gasteiger partial charge in [-0.1, -0.05) is 87.9 Å². The molecule has 1 aliphatic carbocycles. The van der Waals surface area contributed by atoms with Crippen molar-refractivity contribution in [3.05, 3.63) is 108 Å². The highest BCUT2D eigenvalue weighted by atomic mass is 16.5. The smallest absolute Gasteiger partial charge is 0.345 e. The van der Waals surface area contributed by atoms with Crippen LogP contribution >= 0.6 is 0 Å². The van der Waals surface area contributed by atoms with Crippen molar-refractivity contribution in [3.8, 4) is 22.8 Å². The Kier molecular flexibility index (Phi) is 11.8. The first-order chi connectivity index (χ1) is 22.0. The molecule has 1 heterocycles. The van der Waals surface area contributed by atoms with Crippen molar-refractivity contribution in [2.75, 3.05) is 6.61 Å².